The molecule has 1 fully saturated rings. The van der Waals surface area contributed by atoms with Gasteiger partial charge in [0.15, 0.2) is 0 Å². The predicted molar refractivity (Wildman–Crippen MR) is 57.1 cm³/mol. The molecule has 0 unspecified atom stereocenters. The highest BCUT2D eigenvalue weighted by Gasteiger charge is 2.14. The number of amides is 1. The number of nitrogens with one attached hydrogen (secondary N) is 1. The smallest absolute Gasteiger partial charge is 0.222 e. The third-order valence-corrected chi connectivity index (χ3v) is 2.91. The van der Waals surface area contributed by atoms with Gasteiger partial charge < -0.3 is 10.2 Å². The van der Waals surface area contributed by atoms with E-state index in [1.165, 1.54) is 0 Å². The first kappa shape index (κ1) is 10.9. The van der Waals surface area contributed by atoms with Crippen molar-refractivity contribution < 1.29 is 4.79 Å². The molecular weight excluding hydrogens is 184 g/mol. The van der Waals surface area contributed by atoms with E-state index in [2.05, 4.69) is 11.6 Å². The third-order valence-electron chi connectivity index (χ3n) is 2.21. The molecule has 0 bridgehead atoms. The van der Waals surface area contributed by atoms with Gasteiger partial charge in [-0.1, -0.05) is 0 Å². The van der Waals surface area contributed by atoms with E-state index in [9.17, 15) is 4.79 Å². The van der Waals surface area contributed by atoms with Crippen molar-refractivity contribution in [1.82, 2.24) is 10.2 Å². The maximum absolute atomic E-state index is 11.6. The van der Waals surface area contributed by atoms with Crippen molar-refractivity contribution in [1.29, 1.82) is 0 Å². The zero-order valence-corrected chi connectivity index (χ0v) is 9.03. The molecule has 0 spiro atoms. The molecule has 0 aliphatic carbocycles. The second-order valence-electron chi connectivity index (χ2n) is 3.23. The van der Waals surface area contributed by atoms with Gasteiger partial charge in [0.2, 0.25) is 5.91 Å². The Hall–Kier alpha value is -0.220. The molecule has 1 heterocycles. The Morgan fingerprint density at radius 3 is 2.77 bits per heavy atom. The summed E-state index contributed by atoms with van der Waals surface area (Å²) in [5, 5.41) is 3.24. The molecular formula is C9H18N2OS. The maximum Gasteiger partial charge on any atom is 0.222 e. The van der Waals surface area contributed by atoms with Gasteiger partial charge in [-0.05, 0) is 18.4 Å². The number of hydrogen-bond acceptors (Lipinski definition) is 3. The standard InChI is InChI=1S/C9H18N2OS/c1-13-8-2-3-9(12)11-6-4-10-5-7-11/h10H,2-8H2,1H3. The van der Waals surface area contributed by atoms with Gasteiger partial charge in [-0.2, -0.15) is 11.8 Å². The summed E-state index contributed by atoms with van der Waals surface area (Å²) in [6, 6.07) is 0. The minimum absolute atomic E-state index is 0.329. The monoisotopic (exact) mass is 202 g/mol. The molecule has 1 rings (SSSR count). The third kappa shape index (κ3) is 4.00. The van der Waals surface area contributed by atoms with Crippen LogP contribution in [-0.2, 0) is 4.79 Å². The minimum atomic E-state index is 0.329. The second kappa shape index (κ2) is 6.27. The van der Waals surface area contributed by atoms with Crippen LogP contribution in [0.3, 0.4) is 0 Å². The highest BCUT2D eigenvalue weighted by molar-refractivity contribution is 7.98. The van der Waals surface area contributed by atoms with Crippen LogP contribution in [-0.4, -0.2) is 49.0 Å². The van der Waals surface area contributed by atoms with Crippen LogP contribution in [0.4, 0.5) is 0 Å². The topological polar surface area (TPSA) is 32.3 Å². The van der Waals surface area contributed by atoms with E-state index in [0.717, 1.165) is 44.8 Å². The van der Waals surface area contributed by atoms with Gasteiger partial charge in [-0.25, -0.2) is 0 Å². The van der Waals surface area contributed by atoms with E-state index in [4.69, 9.17) is 0 Å². The van der Waals surface area contributed by atoms with E-state index < -0.39 is 0 Å². The van der Waals surface area contributed by atoms with Crippen molar-refractivity contribution in [2.75, 3.05) is 38.2 Å². The number of rotatable bonds is 4. The van der Waals surface area contributed by atoms with Crippen molar-refractivity contribution in [2.45, 2.75) is 12.8 Å². The fourth-order valence-electron chi connectivity index (χ4n) is 1.44. The van der Waals surface area contributed by atoms with Crippen molar-refractivity contribution in [2.24, 2.45) is 0 Å². The van der Waals surface area contributed by atoms with Gasteiger partial charge in [-0.15, -0.1) is 0 Å². The Kier molecular flexibility index (Phi) is 5.23. The number of nitrogens with zero attached hydrogens (tertiary/aromatic N) is 1. The van der Waals surface area contributed by atoms with Gasteiger partial charge in [0.25, 0.3) is 0 Å². The van der Waals surface area contributed by atoms with Gasteiger partial charge >= 0.3 is 0 Å². The van der Waals surface area contributed by atoms with E-state index in [1.54, 1.807) is 0 Å². The van der Waals surface area contributed by atoms with Crippen LogP contribution < -0.4 is 5.32 Å². The predicted octanol–water partition coefficient (Wildman–Crippen LogP) is 0.561. The Bertz CT molecular complexity index is 158. The number of hydrogen-bond donors (Lipinski definition) is 1. The molecule has 0 aromatic rings. The fraction of sp³-hybridized carbons (Fsp3) is 0.889. The lowest BCUT2D eigenvalue weighted by Crippen LogP contribution is -2.46. The highest BCUT2D eigenvalue weighted by Crippen LogP contribution is 2.03. The number of thioether (sulfide) groups is 1. The largest absolute Gasteiger partial charge is 0.340 e. The summed E-state index contributed by atoms with van der Waals surface area (Å²) in [5.74, 6) is 1.42. The van der Waals surface area contributed by atoms with Gasteiger partial charge in [0, 0.05) is 32.6 Å². The average Bonchev–Trinajstić information content (AvgIpc) is 2.19. The molecule has 0 radical (unpaired) electrons. The Labute approximate surface area is 84.2 Å². The molecule has 3 nitrogen and oxygen atoms in total. The zero-order chi connectivity index (χ0) is 9.52. The summed E-state index contributed by atoms with van der Waals surface area (Å²) >= 11 is 1.81. The summed E-state index contributed by atoms with van der Waals surface area (Å²) in [6.07, 6.45) is 3.82. The van der Waals surface area contributed by atoms with Gasteiger partial charge in [0.1, 0.15) is 0 Å². The molecule has 1 aliphatic heterocycles. The van der Waals surface area contributed by atoms with Crippen LogP contribution in [0.1, 0.15) is 12.8 Å². The van der Waals surface area contributed by atoms with E-state index in [-0.39, 0.29) is 0 Å². The highest BCUT2D eigenvalue weighted by atomic mass is 32.2. The summed E-state index contributed by atoms with van der Waals surface area (Å²) in [5.41, 5.74) is 0. The first-order chi connectivity index (χ1) is 6.34. The number of piperazine rings is 1. The van der Waals surface area contributed by atoms with Crippen molar-refractivity contribution in [3.05, 3.63) is 0 Å². The first-order valence-corrected chi connectivity index (χ1v) is 6.21. The van der Waals surface area contributed by atoms with Crippen LogP contribution in [0.15, 0.2) is 0 Å². The van der Waals surface area contributed by atoms with Crippen molar-refractivity contribution in [3.8, 4) is 0 Å². The van der Waals surface area contributed by atoms with E-state index in [1.807, 2.05) is 16.7 Å². The average molecular weight is 202 g/mol. The lowest BCUT2D eigenvalue weighted by atomic mass is 10.2. The molecule has 4 heteroatoms. The van der Waals surface area contributed by atoms with Gasteiger partial charge in [0.05, 0.1) is 0 Å². The summed E-state index contributed by atoms with van der Waals surface area (Å²) < 4.78 is 0. The van der Waals surface area contributed by atoms with Crippen LogP contribution in [0, 0.1) is 0 Å². The van der Waals surface area contributed by atoms with Crippen LogP contribution in [0.2, 0.25) is 0 Å². The molecule has 1 amide bonds. The van der Waals surface area contributed by atoms with Crippen LogP contribution >= 0.6 is 11.8 Å². The Balaban J connectivity index is 2.13. The zero-order valence-electron chi connectivity index (χ0n) is 8.21. The van der Waals surface area contributed by atoms with Crippen molar-refractivity contribution >= 4 is 17.7 Å². The number of carbonyl (C=O) groups is 1. The molecule has 0 saturated carbocycles. The maximum atomic E-state index is 11.6. The second-order valence-corrected chi connectivity index (χ2v) is 4.21. The molecule has 0 atom stereocenters. The normalized spacial score (nSPS) is 17.5. The Morgan fingerprint density at radius 1 is 1.46 bits per heavy atom. The van der Waals surface area contributed by atoms with Crippen LogP contribution in [0.5, 0.6) is 0 Å². The van der Waals surface area contributed by atoms with Gasteiger partial charge in [-0.3, -0.25) is 4.79 Å². The van der Waals surface area contributed by atoms with Crippen molar-refractivity contribution in [3.63, 3.8) is 0 Å². The SMILES string of the molecule is CSCCCC(=O)N1CCNCC1. The fourth-order valence-corrected chi connectivity index (χ4v) is 1.87. The molecule has 0 aromatic carbocycles. The quantitative estimate of drug-likeness (QED) is 0.676. The molecule has 1 aliphatic rings. The van der Waals surface area contributed by atoms with Crippen LogP contribution in [0.25, 0.3) is 0 Å². The molecule has 0 aromatic heterocycles. The molecule has 13 heavy (non-hydrogen) atoms. The lowest BCUT2D eigenvalue weighted by Gasteiger charge is -2.27. The Morgan fingerprint density at radius 2 is 2.15 bits per heavy atom. The molecule has 1 saturated heterocycles. The van der Waals surface area contributed by atoms with E-state index >= 15 is 0 Å². The number of carbonyl (C=O) groups excluding carboxylic acids is 1. The summed E-state index contributed by atoms with van der Waals surface area (Å²) in [7, 11) is 0. The first-order valence-electron chi connectivity index (χ1n) is 4.82. The minimum Gasteiger partial charge on any atom is -0.340 e. The van der Waals surface area contributed by atoms with E-state index in [0.29, 0.717) is 5.91 Å². The molecule has 1 N–H and O–H groups in total. The summed E-state index contributed by atoms with van der Waals surface area (Å²) in [6.45, 7) is 3.68. The lowest BCUT2D eigenvalue weighted by molar-refractivity contribution is -0.131. The molecule has 76 valence electrons. The summed E-state index contributed by atoms with van der Waals surface area (Å²) in [4.78, 5) is 13.5.